The number of hydrogen-bond acceptors (Lipinski definition) is 2. The number of benzene rings is 2. The van der Waals surface area contributed by atoms with Crippen LogP contribution in [0, 0.1) is 5.82 Å². The Morgan fingerprint density at radius 1 is 1.14 bits per heavy atom. The van der Waals surface area contributed by atoms with Crippen molar-refractivity contribution in [1.29, 1.82) is 0 Å². The number of alkyl halides is 1. The normalized spacial score (nSPS) is 12.0. The van der Waals surface area contributed by atoms with Crippen molar-refractivity contribution in [2.75, 3.05) is 11.9 Å². The van der Waals surface area contributed by atoms with Gasteiger partial charge >= 0.3 is 0 Å². The van der Waals surface area contributed by atoms with Gasteiger partial charge in [0.1, 0.15) is 5.82 Å². The molecule has 0 spiro atoms. The largest absolute Gasteiger partial charge is 0.387 e. The van der Waals surface area contributed by atoms with Gasteiger partial charge in [0, 0.05) is 6.54 Å². The molecule has 0 aliphatic rings. The van der Waals surface area contributed by atoms with Gasteiger partial charge in [-0.1, -0.05) is 58.4 Å². The molecule has 0 saturated carbocycles. The maximum atomic E-state index is 12.9. The third-order valence-corrected chi connectivity index (χ3v) is 3.81. The van der Waals surface area contributed by atoms with Gasteiger partial charge in [0.2, 0.25) is 5.91 Å². The summed E-state index contributed by atoms with van der Waals surface area (Å²) >= 11 is 3.16. The molecular formula is C17H17BrFNO2. The lowest BCUT2D eigenvalue weighted by Gasteiger charge is -2.25. The molecule has 116 valence electrons. The molecule has 0 aliphatic carbocycles. The first-order chi connectivity index (χ1) is 10.6. The SMILES string of the molecule is O=C(CBr)N(Cc1ccccc1)C[C@@H](O)c1ccc(F)cc1. The first kappa shape index (κ1) is 16.6. The summed E-state index contributed by atoms with van der Waals surface area (Å²) in [7, 11) is 0. The molecule has 0 fully saturated rings. The van der Waals surface area contributed by atoms with E-state index in [1.165, 1.54) is 24.3 Å². The number of aliphatic hydroxyl groups excluding tert-OH is 1. The van der Waals surface area contributed by atoms with Gasteiger partial charge in [-0.2, -0.15) is 0 Å². The zero-order valence-electron chi connectivity index (χ0n) is 12.0. The fraction of sp³-hybridized carbons (Fsp3) is 0.235. The highest BCUT2D eigenvalue weighted by Crippen LogP contribution is 2.17. The summed E-state index contributed by atoms with van der Waals surface area (Å²) in [5, 5.41) is 10.5. The highest BCUT2D eigenvalue weighted by molar-refractivity contribution is 9.09. The molecule has 0 aliphatic heterocycles. The van der Waals surface area contributed by atoms with Crippen LogP contribution in [0.15, 0.2) is 54.6 Å². The molecule has 0 saturated heterocycles. The lowest BCUT2D eigenvalue weighted by atomic mass is 10.1. The molecule has 2 aromatic rings. The minimum absolute atomic E-state index is 0.106. The molecule has 1 atom stereocenters. The van der Waals surface area contributed by atoms with Crippen LogP contribution in [0.4, 0.5) is 4.39 Å². The molecule has 0 heterocycles. The number of rotatable bonds is 6. The van der Waals surface area contributed by atoms with Crippen molar-refractivity contribution in [3.8, 4) is 0 Å². The molecule has 2 aromatic carbocycles. The first-order valence-corrected chi connectivity index (χ1v) is 8.03. The molecule has 1 N–H and O–H groups in total. The Labute approximate surface area is 137 Å². The highest BCUT2D eigenvalue weighted by atomic mass is 79.9. The Morgan fingerprint density at radius 3 is 2.36 bits per heavy atom. The van der Waals surface area contributed by atoms with E-state index in [4.69, 9.17) is 0 Å². The fourth-order valence-corrected chi connectivity index (χ4v) is 2.50. The molecule has 0 aromatic heterocycles. The lowest BCUT2D eigenvalue weighted by Crippen LogP contribution is -2.35. The fourth-order valence-electron chi connectivity index (χ4n) is 2.14. The molecule has 0 radical (unpaired) electrons. The molecule has 1 amide bonds. The van der Waals surface area contributed by atoms with E-state index in [9.17, 15) is 14.3 Å². The average molecular weight is 366 g/mol. The van der Waals surface area contributed by atoms with Gasteiger partial charge in [0.25, 0.3) is 0 Å². The van der Waals surface area contributed by atoms with Crippen LogP contribution in [0.5, 0.6) is 0 Å². The predicted octanol–water partition coefficient (Wildman–Crippen LogP) is 3.28. The standard InChI is InChI=1S/C17H17BrFNO2/c18-10-17(22)20(11-13-4-2-1-3-5-13)12-16(21)14-6-8-15(19)9-7-14/h1-9,16,21H,10-12H2/t16-/m1/s1. The molecule has 3 nitrogen and oxygen atoms in total. The number of carbonyl (C=O) groups is 1. The van der Waals surface area contributed by atoms with E-state index in [1.807, 2.05) is 30.3 Å². The van der Waals surface area contributed by atoms with E-state index in [-0.39, 0.29) is 23.6 Å². The summed E-state index contributed by atoms with van der Waals surface area (Å²) in [6.07, 6.45) is -0.854. The second-order valence-electron chi connectivity index (χ2n) is 4.96. The summed E-state index contributed by atoms with van der Waals surface area (Å²) in [5.74, 6) is -0.460. The van der Waals surface area contributed by atoms with Gasteiger partial charge in [-0.3, -0.25) is 4.79 Å². The topological polar surface area (TPSA) is 40.5 Å². The van der Waals surface area contributed by atoms with Crippen molar-refractivity contribution in [2.24, 2.45) is 0 Å². The minimum atomic E-state index is -0.854. The van der Waals surface area contributed by atoms with Crippen LogP contribution in [0.3, 0.4) is 0 Å². The van der Waals surface area contributed by atoms with Crippen LogP contribution in [-0.2, 0) is 11.3 Å². The maximum Gasteiger partial charge on any atom is 0.233 e. The maximum absolute atomic E-state index is 12.9. The summed E-state index contributed by atoms with van der Waals surface area (Å²) in [5.41, 5.74) is 1.57. The highest BCUT2D eigenvalue weighted by Gasteiger charge is 2.18. The third kappa shape index (κ3) is 4.64. The van der Waals surface area contributed by atoms with Crippen molar-refractivity contribution in [3.63, 3.8) is 0 Å². The number of amides is 1. The summed E-state index contributed by atoms with van der Waals surface area (Å²) < 4.78 is 12.9. The Bertz CT molecular complexity index is 604. The molecule has 22 heavy (non-hydrogen) atoms. The van der Waals surface area contributed by atoms with E-state index < -0.39 is 6.10 Å². The van der Waals surface area contributed by atoms with Gasteiger partial charge < -0.3 is 10.0 Å². The molecule has 0 bridgehead atoms. The quantitative estimate of drug-likeness (QED) is 0.798. The van der Waals surface area contributed by atoms with Crippen LogP contribution >= 0.6 is 15.9 Å². The van der Waals surface area contributed by atoms with Gasteiger partial charge in [-0.25, -0.2) is 4.39 Å². The van der Waals surface area contributed by atoms with Crippen LogP contribution in [0.1, 0.15) is 17.2 Å². The van der Waals surface area contributed by atoms with Crippen molar-refractivity contribution < 1.29 is 14.3 Å². The summed E-state index contributed by atoms with van der Waals surface area (Å²) in [6.45, 7) is 0.578. The zero-order chi connectivity index (χ0) is 15.9. The van der Waals surface area contributed by atoms with Gasteiger partial charge in [-0.15, -0.1) is 0 Å². The predicted molar refractivity (Wildman–Crippen MR) is 87.0 cm³/mol. The second-order valence-corrected chi connectivity index (χ2v) is 5.52. The van der Waals surface area contributed by atoms with Gasteiger partial charge in [0.15, 0.2) is 0 Å². The van der Waals surface area contributed by atoms with Crippen molar-refractivity contribution >= 4 is 21.8 Å². The van der Waals surface area contributed by atoms with E-state index in [0.29, 0.717) is 12.1 Å². The number of hydrogen-bond donors (Lipinski definition) is 1. The molecule has 0 unspecified atom stereocenters. The summed E-state index contributed by atoms with van der Waals surface area (Å²) in [6, 6.07) is 15.2. The summed E-state index contributed by atoms with van der Waals surface area (Å²) in [4.78, 5) is 13.6. The number of aliphatic hydroxyl groups is 1. The average Bonchev–Trinajstić information content (AvgIpc) is 2.55. The third-order valence-electron chi connectivity index (χ3n) is 3.33. The number of nitrogens with zero attached hydrogens (tertiary/aromatic N) is 1. The van der Waals surface area contributed by atoms with E-state index >= 15 is 0 Å². The first-order valence-electron chi connectivity index (χ1n) is 6.91. The molecule has 2 rings (SSSR count). The van der Waals surface area contributed by atoms with Crippen molar-refractivity contribution in [1.82, 2.24) is 4.90 Å². The lowest BCUT2D eigenvalue weighted by molar-refractivity contribution is -0.130. The molecular weight excluding hydrogens is 349 g/mol. The Kier molecular flexibility index (Phi) is 6.10. The Hall–Kier alpha value is -1.72. The van der Waals surface area contributed by atoms with Crippen molar-refractivity contribution in [3.05, 3.63) is 71.5 Å². The van der Waals surface area contributed by atoms with E-state index in [1.54, 1.807) is 4.90 Å². The Balaban J connectivity index is 2.09. The van der Waals surface area contributed by atoms with E-state index in [0.717, 1.165) is 5.56 Å². The minimum Gasteiger partial charge on any atom is -0.387 e. The van der Waals surface area contributed by atoms with Crippen LogP contribution in [-0.4, -0.2) is 27.8 Å². The van der Waals surface area contributed by atoms with E-state index in [2.05, 4.69) is 15.9 Å². The van der Waals surface area contributed by atoms with Crippen molar-refractivity contribution in [2.45, 2.75) is 12.6 Å². The van der Waals surface area contributed by atoms with Gasteiger partial charge in [-0.05, 0) is 23.3 Å². The monoisotopic (exact) mass is 365 g/mol. The zero-order valence-corrected chi connectivity index (χ0v) is 13.5. The smallest absolute Gasteiger partial charge is 0.233 e. The second kappa shape index (κ2) is 8.06. The van der Waals surface area contributed by atoms with Gasteiger partial charge in [0.05, 0.1) is 18.0 Å². The van der Waals surface area contributed by atoms with Crippen LogP contribution in [0.2, 0.25) is 0 Å². The molecule has 5 heteroatoms. The van der Waals surface area contributed by atoms with Crippen LogP contribution < -0.4 is 0 Å². The number of halogens is 2. The Morgan fingerprint density at radius 2 is 1.77 bits per heavy atom. The van der Waals surface area contributed by atoms with Crippen LogP contribution in [0.25, 0.3) is 0 Å². The number of carbonyl (C=O) groups excluding carboxylic acids is 1.